The lowest BCUT2D eigenvalue weighted by Crippen LogP contribution is -2.55. The summed E-state index contributed by atoms with van der Waals surface area (Å²) in [5.41, 5.74) is -1.02. The monoisotopic (exact) mass is 256 g/mol. The molecule has 0 aliphatic carbocycles. The number of hydrogen-bond acceptors (Lipinski definition) is 5. The fourth-order valence-corrected chi connectivity index (χ4v) is 2.05. The number of nitrogens with zero attached hydrogens (tertiary/aromatic N) is 1. The molecule has 0 aromatic rings. The minimum atomic E-state index is -1.35. The van der Waals surface area contributed by atoms with Crippen LogP contribution in [0.1, 0.15) is 13.3 Å². The minimum absolute atomic E-state index is 0.0620. The number of carbonyl (C=O) groups is 2. The van der Waals surface area contributed by atoms with Gasteiger partial charge in [0.2, 0.25) is 5.91 Å². The first-order chi connectivity index (χ1) is 8.38. The van der Waals surface area contributed by atoms with Gasteiger partial charge in [0.15, 0.2) is 0 Å². The molecule has 2 aliphatic rings. The standard InChI is InChI=1S/C11H16N2O5/c1-6-7(2)13(10(16)12-9(6)15)8-3-11(17,4-14)5-18-8/h6,8,14,17H,2-5H2,1H3,(H,12,15,16). The van der Waals surface area contributed by atoms with Gasteiger partial charge in [-0.1, -0.05) is 6.58 Å². The van der Waals surface area contributed by atoms with Gasteiger partial charge in [-0.2, -0.15) is 0 Å². The first-order valence-corrected chi connectivity index (χ1v) is 5.66. The molecule has 3 atom stereocenters. The quantitative estimate of drug-likeness (QED) is 0.598. The first-order valence-electron chi connectivity index (χ1n) is 5.66. The normalized spacial score (nSPS) is 37.1. The highest BCUT2D eigenvalue weighted by Gasteiger charge is 2.45. The molecule has 0 bridgehead atoms. The van der Waals surface area contributed by atoms with Crippen LogP contribution >= 0.6 is 0 Å². The fraction of sp³-hybridized carbons (Fsp3) is 0.636. The van der Waals surface area contributed by atoms with Crippen LogP contribution in [0.15, 0.2) is 12.3 Å². The maximum absolute atomic E-state index is 11.8. The molecule has 3 unspecified atom stereocenters. The van der Waals surface area contributed by atoms with E-state index < -0.39 is 36.3 Å². The molecule has 0 aromatic carbocycles. The number of nitrogens with one attached hydrogen (secondary N) is 1. The van der Waals surface area contributed by atoms with E-state index in [1.807, 2.05) is 0 Å². The summed E-state index contributed by atoms with van der Waals surface area (Å²) >= 11 is 0. The Hall–Kier alpha value is -1.44. The van der Waals surface area contributed by atoms with Gasteiger partial charge in [0.05, 0.1) is 19.1 Å². The van der Waals surface area contributed by atoms with Crippen LogP contribution in [0.25, 0.3) is 0 Å². The zero-order valence-electron chi connectivity index (χ0n) is 10.0. The lowest BCUT2D eigenvalue weighted by molar-refractivity contribution is -0.125. The summed E-state index contributed by atoms with van der Waals surface area (Å²) in [4.78, 5) is 24.4. The Kier molecular flexibility index (Phi) is 3.14. The average Bonchev–Trinajstić information content (AvgIpc) is 2.70. The summed E-state index contributed by atoms with van der Waals surface area (Å²) in [6.45, 7) is 4.84. The lowest BCUT2D eigenvalue weighted by atomic mass is 10.0. The van der Waals surface area contributed by atoms with E-state index in [-0.39, 0.29) is 13.0 Å². The van der Waals surface area contributed by atoms with Crippen LogP contribution in [-0.2, 0) is 9.53 Å². The molecule has 2 heterocycles. The van der Waals surface area contributed by atoms with E-state index in [1.54, 1.807) is 6.92 Å². The van der Waals surface area contributed by atoms with Crippen molar-refractivity contribution in [1.29, 1.82) is 0 Å². The summed E-state index contributed by atoms with van der Waals surface area (Å²) in [7, 11) is 0. The molecule has 7 heteroatoms. The maximum Gasteiger partial charge on any atom is 0.330 e. The topological polar surface area (TPSA) is 99.1 Å². The van der Waals surface area contributed by atoms with Crippen molar-refractivity contribution >= 4 is 11.9 Å². The van der Waals surface area contributed by atoms with Crippen molar-refractivity contribution in [1.82, 2.24) is 10.2 Å². The Labute approximate surface area is 104 Å². The third-order valence-electron chi connectivity index (χ3n) is 3.33. The van der Waals surface area contributed by atoms with Gasteiger partial charge in [0.25, 0.3) is 0 Å². The SMILES string of the molecule is C=C1C(C)C(=O)NC(=O)N1C1CC(O)(CO)CO1. The second-order valence-corrected chi connectivity index (χ2v) is 4.73. The number of aliphatic hydroxyl groups is 2. The smallest absolute Gasteiger partial charge is 0.330 e. The molecule has 0 saturated carbocycles. The fourth-order valence-electron chi connectivity index (χ4n) is 2.05. The van der Waals surface area contributed by atoms with Gasteiger partial charge >= 0.3 is 6.03 Å². The highest BCUT2D eigenvalue weighted by atomic mass is 16.5. The van der Waals surface area contributed by atoms with Crippen molar-refractivity contribution in [2.75, 3.05) is 13.2 Å². The molecule has 0 radical (unpaired) electrons. The number of aliphatic hydroxyl groups excluding tert-OH is 1. The van der Waals surface area contributed by atoms with E-state index >= 15 is 0 Å². The van der Waals surface area contributed by atoms with Gasteiger partial charge in [-0.05, 0) is 6.92 Å². The van der Waals surface area contributed by atoms with Crippen LogP contribution in [0, 0.1) is 5.92 Å². The Bertz CT molecular complexity index is 410. The summed E-state index contributed by atoms with van der Waals surface area (Å²) in [5.74, 6) is -0.939. The minimum Gasteiger partial charge on any atom is -0.393 e. The maximum atomic E-state index is 11.8. The molecule has 3 amide bonds. The number of carbonyl (C=O) groups excluding carboxylic acids is 2. The number of hydrogen-bond donors (Lipinski definition) is 3. The summed E-state index contributed by atoms with van der Waals surface area (Å²) in [6.07, 6.45) is -0.637. The van der Waals surface area contributed by atoms with Crippen molar-refractivity contribution < 1.29 is 24.5 Å². The molecule has 2 aliphatic heterocycles. The molecule has 2 saturated heterocycles. The Balaban J connectivity index is 2.16. The predicted octanol–water partition coefficient (Wildman–Crippen LogP) is -0.842. The van der Waals surface area contributed by atoms with Crippen LogP contribution in [0.4, 0.5) is 4.79 Å². The Morgan fingerprint density at radius 3 is 2.83 bits per heavy atom. The van der Waals surface area contributed by atoms with Crippen LogP contribution in [0.2, 0.25) is 0 Å². The molecule has 0 spiro atoms. The van der Waals surface area contributed by atoms with E-state index in [0.29, 0.717) is 5.70 Å². The average molecular weight is 256 g/mol. The van der Waals surface area contributed by atoms with Crippen molar-refractivity contribution in [3.63, 3.8) is 0 Å². The molecule has 2 rings (SSSR count). The van der Waals surface area contributed by atoms with Crippen molar-refractivity contribution in [2.24, 2.45) is 5.92 Å². The molecule has 100 valence electrons. The number of amides is 3. The van der Waals surface area contributed by atoms with Gasteiger partial charge < -0.3 is 14.9 Å². The van der Waals surface area contributed by atoms with Gasteiger partial charge in [0, 0.05) is 12.1 Å². The van der Waals surface area contributed by atoms with Crippen molar-refractivity contribution in [3.8, 4) is 0 Å². The van der Waals surface area contributed by atoms with E-state index in [2.05, 4.69) is 11.9 Å². The van der Waals surface area contributed by atoms with Crippen molar-refractivity contribution in [3.05, 3.63) is 12.3 Å². The number of urea groups is 1. The van der Waals surface area contributed by atoms with E-state index in [9.17, 15) is 14.7 Å². The highest BCUT2D eigenvalue weighted by molar-refractivity contribution is 6.00. The van der Waals surface area contributed by atoms with Crippen LogP contribution in [0.3, 0.4) is 0 Å². The van der Waals surface area contributed by atoms with Gasteiger partial charge in [0.1, 0.15) is 11.8 Å². The highest BCUT2D eigenvalue weighted by Crippen LogP contribution is 2.31. The largest absolute Gasteiger partial charge is 0.393 e. The molecule has 7 nitrogen and oxygen atoms in total. The van der Waals surface area contributed by atoms with E-state index in [0.717, 1.165) is 0 Å². The van der Waals surface area contributed by atoms with E-state index in [1.165, 1.54) is 4.90 Å². The zero-order chi connectivity index (χ0) is 13.5. The molecule has 2 fully saturated rings. The van der Waals surface area contributed by atoms with E-state index in [4.69, 9.17) is 9.84 Å². The number of rotatable bonds is 2. The Morgan fingerprint density at radius 1 is 1.61 bits per heavy atom. The molecule has 0 aromatic heterocycles. The number of ether oxygens (including phenoxy) is 1. The van der Waals surface area contributed by atoms with Crippen molar-refractivity contribution in [2.45, 2.75) is 25.2 Å². The Morgan fingerprint density at radius 2 is 2.28 bits per heavy atom. The van der Waals surface area contributed by atoms with Gasteiger partial charge in [-0.15, -0.1) is 0 Å². The third kappa shape index (κ3) is 2.00. The second-order valence-electron chi connectivity index (χ2n) is 4.73. The molecular formula is C11H16N2O5. The summed E-state index contributed by atoms with van der Waals surface area (Å²) in [6, 6.07) is -0.615. The summed E-state index contributed by atoms with van der Waals surface area (Å²) < 4.78 is 5.31. The zero-order valence-corrected chi connectivity index (χ0v) is 10.0. The molecule has 18 heavy (non-hydrogen) atoms. The van der Waals surface area contributed by atoms with Crippen LogP contribution < -0.4 is 5.32 Å². The van der Waals surface area contributed by atoms with Crippen LogP contribution in [0.5, 0.6) is 0 Å². The second kappa shape index (κ2) is 4.34. The van der Waals surface area contributed by atoms with Crippen LogP contribution in [-0.4, -0.2) is 52.1 Å². The van der Waals surface area contributed by atoms with Gasteiger partial charge in [-0.3, -0.25) is 15.0 Å². The number of imide groups is 1. The summed E-state index contributed by atoms with van der Waals surface area (Å²) in [5, 5.41) is 21.1. The first kappa shape index (κ1) is 13.0. The lowest BCUT2D eigenvalue weighted by Gasteiger charge is -2.36. The molecule has 3 N–H and O–H groups in total. The predicted molar refractivity (Wildman–Crippen MR) is 60.1 cm³/mol. The molecular weight excluding hydrogens is 240 g/mol. The third-order valence-corrected chi connectivity index (χ3v) is 3.33. The van der Waals surface area contributed by atoms with Gasteiger partial charge in [-0.25, -0.2) is 4.79 Å².